The Labute approximate surface area is 277 Å². The van der Waals surface area contributed by atoms with Crippen LogP contribution < -0.4 is 10.1 Å². The van der Waals surface area contributed by atoms with E-state index in [9.17, 15) is 4.79 Å². The molecule has 0 fully saturated rings. The number of aromatic nitrogens is 3. The van der Waals surface area contributed by atoms with E-state index >= 15 is 4.39 Å². The lowest BCUT2D eigenvalue weighted by molar-refractivity contribution is -0.117. The molecule has 0 aliphatic rings. The molecule has 0 radical (unpaired) electrons. The van der Waals surface area contributed by atoms with E-state index in [1.54, 1.807) is 37.4 Å². The summed E-state index contributed by atoms with van der Waals surface area (Å²) in [5, 5.41) is 7.21. The Hall–Kier alpha value is -4.07. The summed E-state index contributed by atoms with van der Waals surface area (Å²) in [6, 6.07) is 14.0. The summed E-state index contributed by atoms with van der Waals surface area (Å²) in [7, 11) is 0. The molecule has 0 spiro atoms. The summed E-state index contributed by atoms with van der Waals surface area (Å²) in [6.07, 6.45) is 4.71. The highest BCUT2D eigenvalue weighted by atomic mass is 32.1. The first kappa shape index (κ1) is 34.3. The zero-order valence-electron chi connectivity index (χ0n) is 26.6. The maximum absolute atomic E-state index is 15.1. The van der Waals surface area contributed by atoms with Crippen molar-refractivity contribution < 1.29 is 32.7 Å². The van der Waals surface area contributed by atoms with Crippen molar-refractivity contribution >= 4 is 27.3 Å². The van der Waals surface area contributed by atoms with Crippen LogP contribution in [0, 0.1) is 12.7 Å². The Morgan fingerprint density at radius 2 is 1.68 bits per heavy atom. The molecule has 0 saturated heterocycles. The number of fused-ring (bicyclic) bond motifs is 1. The number of nitrogens with one attached hydrogen (secondary N) is 1. The minimum absolute atomic E-state index is 0.0670. The van der Waals surface area contributed by atoms with Gasteiger partial charge in [-0.05, 0) is 48.7 Å². The first-order chi connectivity index (χ1) is 23.0. The molecule has 0 saturated carbocycles. The lowest BCUT2D eigenvalue weighted by Gasteiger charge is -2.09. The van der Waals surface area contributed by atoms with Gasteiger partial charge in [-0.15, -0.1) is 11.3 Å². The molecule has 0 amide bonds. The van der Waals surface area contributed by atoms with Gasteiger partial charge >= 0.3 is 0 Å². The topological polar surface area (TPSA) is 118 Å². The highest BCUT2D eigenvalue weighted by Crippen LogP contribution is 2.39. The smallest absolute Gasteiger partial charge is 0.166 e. The average Bonchev–Trinajstić information content (AvgIpc) is 3.69. The second-order valence-corrected chi connectivity index (χ2v) is 11.9. The number of hydrogen-bond acceptors (Lipinski definition) is 11. The van der Waals surface area contributed by atoms with Crippen molar-refractivity contribution in [3.8, 4) is 22.1 Å². The molecule has 10 nitrogen and oxygen atoms in total. The molecule has 0 atom stereocenters. The number of halogens is 1. The third-order valence-electron chi connectivity index (χ3n) is 6.97. The molecule has 4 heterocycles. The van der Waals surface area contributed by atoms with E-state index in [2.05, 4.69) is 27.4 Å². The van der Waals surface area contributed by atoms with Crippen LogP contribution in [0.1, 0.15) is 35.9 Å². The van der Waals surface area contributed by atoms with Gasteiger partial charge in [0.05, 0.1) is 65.9 Å². The van der Waals surface area contributed by atoms with Crippen LogP contribution in [0.5, 0.6) is 11.5 Å². The summed E-state index contributed by atoms with van der Waals surface area (Å²) in [5.74, 6) is 0.562. The lowest BCUT2D eigenvalue weighted by Crippen LogP contribution is -2.20. The molecule has 1 aromatic carbocycles. The van der Waals surface area contributed by atoms with Gasteiger partial charge in [0.15, 0.2) is 11.6 Å². The molecule has 4 aromatic heterocycles. The molecule has 248 valence electrons. The summed E-state index contributed by atoms with van der Waals surface area (Å²) < 4.78 is 43.3. The number of thiophene rings is 1. The number of carbonyl (C=O) groups excluding carboxylic acids is 1. The van der Waals surface area contributed by atoms with Crippen molar-refractivity contribution in [1.82, 2.24) is 20.4 Å². The Bertz CT molecular complexity index is 1730. The number of ether oxygens (including phenoxy) is 4. The maximum atomic E-state index is 15.1. The highest BCUT2D eigenvalue weighted by Gasteiger charge is 2.15. The maximum Gasteiger partial charge on any atom is 0.166 e. The van der Waals surface area contributed by atoms with Crippen LogP contribution in [0.15, 0.2) is 65.4 Å². The van der Waals surface area contributed by atoms with Crippen LogP contribution in [0.3, 0.4) is 0 Å². The van der Waals surface area contributed by atoms with Crippen LogP contribution in [-0.2, 0) is 38.4 Å². The van der Waals surface area contributed by atoms with Crippen molar-refractivity contribution in [3.05, 3.63) is 89.3 Å². The SMILES string of the molecule is CCCOCCOCCOCCNCc1ccc(-c2cc3nccc(Oc4ccc(CC(=O)Cc5cc(C)on5)cc4F)c3s2)nc1. The van der Waals surface area contributed by atoms with Crippen LogP contribution in [0.2, 0.25) is 0 Å². The van der Waals surface area contributed by atoms with E-state index in [0.717, 1.165) is 45.9 Å². The summed E-state index contributed by atoms with van der Waals surface area (Å²) >= 11 is 1.48. The fraction of sp³-hybridized carbons (Fsp3) is 0.371. The molecule has 0 bridgehead atoms. The van der Waals surface area contributed by atoms with Crippen LogP contribution in [-0.4, -0.2) is 67.1 Å². The van der Waals surface area contributed by atoms with Gasteiger partial charge in [-0.2, -0.15) is 0 Å². The number of ketones is 1. The van der Waals surface area contributed by atoms with Crippen LogP contribution in [0.25, 0.3) is 20.8 Å². The molecular formula is C35H39FN4O6S. The molecule has 0 aliphatic heterocycles. The van der Waals surface area contributed by atoms with Gasteiger partial charge in [-0.1, -0.05) is 24.2 Å². The quantitative estimate of drug-likeness (QED) is 0.0927. The first-order valence-corrected chi connectivity index (χ1v) is 16.5. The van der Waals surface area contributed by atoms with Gasteiger partial charge in [0.1, 0.15) is 17.3 Å². The monoisotopic (exact) mass is 662 g/mol. The van der Waals surface area contributed by atoms with Crippen molar-refractivity contribution in [3.63, 3.8) is 0 Å². The van der Waals surface area contributed by atoms with Crippen LogP contribution >= 0.6 is 11.3 Å². The number of benzene rings is 1. The van der Waals surface area contributed by atoms with E-state index in [1.807, 2.05) is 24.4 Å². The highest BCUT2D eigenvalue weighted by molar-refractivity contribution is 7.22. The number of hydrogen-bond donors (Lipinski definition) is 1. The summed E-state index contributed by atoms with van der Waals surface area (Å²) in [5.41, 5.74) is 3.72. The molecule has 0 aliphatic carbocycles. The van der Waals surface area contributed by atoms with Gasteiger partial charge < -0.3 is 28.8 Å². The molecule has 12 heteroatoms. The standard InChI is InChI=1S/C35H39FN4O6S/c1-3-11-42-13-15-44-16-14-43-12-10-37-22-26-4-6-30(39-23-26)34-21-31-35(47-34)33(8-9-38-31)45-32-7-5-25(19-29(32)36)18-28(41)20-27-17-24(2)46-40-27/h4-9,17,19,21,23,37H,3,10-16,18,20,22H2,1-2H3. The average molecular weight is 663 g/mol. The fourth-order valence-electron chi connectivity index (χ4n) is 4.71. The second kappa shape index (κ2) is 17.7. The second-order valence-electron chi connectivity index (χ2n) is 10.9. The minimum Gasteiger partial charge on any atom is -0.453 e. The summed E-state index contributed by atoms with van der Waals surface area (Å²) in [4.78, 5) is 22.5. The van der Waals surface area contributed by atoms with E-state index in [4.69, 9.17) is 23.5 Å². The number of Topliss-reactive ketones (excluding diaryl/α,β-unsaturated/α-hetero) is 1. The van der Waals surface area contributed by atoms with E-state index in [-0.39, 0.29) is 24.4 Å². The molecule has 47 heavy (non-hydrogen) atoms. The predicted molar refractivity (Wildman–Crippen MR) is 177 cm³/mol. The van der Waals surface area contributed by atoms with Crippen molar-refractivity contribution in [2.75, 3.05) is 46.2 Å². The fourth-order valence-corrected chi connectivity index (χ4v) is 5.75. The van der Waals surface area contributed by atoms with Crippen molar-refractivity contribution in [2.24, 2.45) is 0 Å². The minimum atomic E-state index is -0.551. The molecule has 5 rings (SSSR count). The van der Waals surface area contributed by atoms with Crippen LogP contribution in [0.4, 0.5) is 4.39 Å². The predicted octanol–water partition coefficient (Wildman–Crippen LogP) is 6.49. The first-order valence-electron chi connectivity index (χ1n) is 15.7. The third-order valence-corrected chi connectivity index (χ3v) is 8.13. The Balaban J connectivity index is 1.09. The van der Waals surface area contributed by atoms with Crippen molar-refractivity contribution in [2.45, 2.75) is 39.7 Å². The Kier molecular flexibility index (Phi) is 12.9. The van der Waals surface area contributed by atoms with E-state index in [0.29, 0.717) is 62.3 Å². The van der Waals surface area contributed by atoms with Gasteiger partial charge in [0.25, 0.3) is 0 Å². The summed E-state index contributed by atoms with van der Waals surface area (Å²) in [6.45, 7) is 8.92. The zero-order chi connectivity index (χ0) is 32.8. The van der Waals surface area contributed by atoms with Crippen molar-refractivity contribution in [1.29, 1.82) is 0 Å². The third kappa shape index (κ3) is 10.5. The number of rotatable bonds is 20. The molecule has 1 N–H and O–H groups in total. The van der Waals surface area contributed by atoms with Gasteiger partial charge in [0, 0.05) is 50.6 Å². The van der Waals surface area contributed by atoms with E-state index < -0.39 is 5.82 Å². The number of pyridine rings is 2. The normalized spacial score (nSPS) is 11.4. The molecule has 5 aromatic rings. The van der Waals surface area contributed by atoms with Gasteiger partial charge in [-0.25, -0.2) is 4.39 Å². The molecular weight excluding hydrogens is 623 g/mol. The Morgan fingerprint density at radius 3 is 2.40 bits per heavy atom. The number of carbonyl (C=O) groups is 1. The lowest BCUT2D eigenvalue weighted by atomic mass is 10.1. The number of aryl methyl sites for hydroxylation is 1. The zero-order valence-corrected chi connectivity index (χ0v) is 27.4. The Morgan fingerprint density at radius 1 is 0.894 bits per heavy atom. The van der Waals surface area contributed by atoms with Gasteiger partial charge in [-0.3, -0.25) is 14.8 Å². The molecule has 0 unspecified atom stereocenters. The largest absolute Gasteiger partial charge is 0.453 e. The number of nitrogens with zero attached hydrogens (tertiary/aromatic N) is 3. The van der Waals surface area contributed by atoms with E-state index in [1.165, 1.54) is 17.4 Å². The van der Waals surface area contributed by atoms with Gasteiger partial charge in [0.2, 0.25) is 0 Å².